The Morgan fingerprint density at radius 2 is 1.62 bits per heavy atom. The number of rotatable bonds is 9. The van der Waals surface area contributed by atoms with E-state index >= 15 is 0 Å². The molecule has 0 aliphatic heterocycles. The minimum absolute atomic E-state index is 0.0179. The SMILES string of the molecule is CCCn1nc(C(=O)OCC(=O)Nc2ccc(C(=O)N(CC)CC)cc2)c2ccccc2c1=O. The number of hydrogen-bond acceptors (Lipinski definition) is 6. The van der Waals surface area contributed by atoms with Gasteiger partial charge in [0.15, 0.2) is 12.3 Å². The van der Waals surface area contributed by atoms with Gasteiger partial charge in [0.25, 0.3) is 17.4 Å². The van der Waals surface area contributed by atoms with Gasteiger partial charge >= 0.3 is 5.97 Å². The summed E-state index contributed by atoms with van der Waals surface area (Å²) in [5.74, 6) is -1.42. The summed E-state index contributed by atoms with van der Waals surface area (Å²) in [6.45, 7) is 6.78. The summed E-state index contributed by atoms with van der Waals surface area (Å²) in [4.78, 5) is 51.7. The summed E-state index contributed by atoms with van der Waals surface area (Å²) in [6, 6.07) is 13.2. The van der Waals surface area contributed by atoms with Crippen molar-refractivity contribution in [2.75, 3.05) is 25.0 Å². The van der Waals surface area contributed by atoms with Crippen LogP contribution in [-0.4, -0.2) is 52.2 Å². The van der Waals surface area contributed by atoms with Gasteiger partial charge in [0, 0.05) is 36.3 Å². The molecule has 0 saturated heterocycles. The van der Waals surface area contributed by atoms with Crippen LogP contribution in [0.25, 0.3) is 10.8 Å². The van der Waals surface area contributed by atoms with E-state index in [1.807, 2.05) is 20.8 Å². The molecule has 9 heteroatoms. The lowest BCUT2D eigenvalue weighted by atomic mass is 10.1. The first-order valence-electron chi connectivity index (χ1n) is 11.3. The highest BCUT2D eigenvalue weighted by atomic mass is 16.5. The summed E-state index contributed by atoms with van der Waals surface area (Å²) in [6.07, 6.45) is 0.668. The fourth-order valence-electron chi connectivity index (χ4n) is 3.54. The van der Waals surface area contributed by atoms with Gasteiger partial charge < -0.3 is 15.0 Å². The maximum Gasteiger partial charge on any atom is 0.359 e. The highest BCUT2D eigenvalue weighted by Crippen LogP contribution is 2.15. The number of hydrogen-bond donors (Lipinski definition) is 1. The quantitative estimate of drug-likeness (QED) is 0.487. The van der Waals surface area contributed by atoms with E-state index in [-0.39, 0.29) is 17.2 Å². The average Bonchev–Trinajstić information content (AvgIpc) is 2.85. The number of amides is 2. The number of anilines is 1. The van der Waals surface area contributed by atoms with Crippen molar-refractivity contribution in [3.63, 3.8) is 0 Å². The van der Waals surface area contributed by atoms with Gasteiger partial charge in [-0.05, 0) is 50.6 Å². The second kappa shape index (κ2) is 11.2. The number of nitrogens with one attached hydrogen (secondary N) is 1. The van der Waals surface area contributed by atoms with Gasteiger partial charge in [-0.1, -0.05) is 25.1 Å². The largest absolute Gasteiger partial charge is 0.451 e. The molecular weight excluding hydrogens is 436 g/mol. The van der Waals surface area contributed by atoms with E-state index in [4.69, 9.17) is 4.74 Å². The molecule has 0 radical (unpaired) electrons. The number of ether oxygens (including phenoxy) is 1. The molecule has 2 amide bonds. The molecule has 0 bridgehead atoms. The van der Waals surface area contributed by atoms with Crippen molar-refractivity contribution in [2.45, 2.75) is 33.7 Å². The van der Waals surface area contributed by atoms with Crippen LogP contribution in [-0.2, 0) is 16.1 Å². The molecule has 1 aromatic heterocycles. The molecule has 0 spiro atoms. The van der Waals surface area contributed by atoms with Gasteiger partial charge in [0.1, 0.15) is 0 Å². The minimum Gasteiger partial charge on any atom is -0.451 e. The van der Waals surface area contributed by atoms with Crippen LogP contribution in [0, 0.1) is 0 Å². The Morgan fingerprint density at radius 3 is 2.24 bits per heavy atom. The van der Waals surface area contributed by atoms with Crippen LogP contribution in [0.1, 0.15) is 48.0 Å². The molecule has 0 aliphatic carbocycles. The number of carbonyl (C=O) groups is 3. The lowest BCUT2D eigenvalue weighted by Crippen LogP contribution is -2.30. The lowest BCUT2D eigenvalue weighted by Gasteiger charge is -2.18. The zero-order chi connectivity index (χ0) is 24.7. The highest BCUT2D eigenvalue weighted by Gasteiger charge is 2.19. The van der Waals surface area contributed by atoms with Gasteiger partial charge in [-0.3, -0.25) is 14.4 Å². The first-order chi connectivity index (χ1) is 16.4. The molecule has 3 aromatic rings. The normalized spacial score (nSPS) is 10.7. The molecular formula is C25H28N4O5. The average molecular weight is 465 g/mol. The first-order valence-corrected chi connectivity index (χ1v) is 11.3. The molecule has 1 N–H and O–H groups in total. The number of aromatic nitrogens is 2. The van der Waals surface area contributed by atoms with Crippen LogP contribution in [0.3, 0.4) is 0 Å². The zero-order valence-electron chi connectivity index (χ0n) is 19.5. The van der Waals surface area contributed by atoms with E-state index in [1.54, 1.807) is 53.4 Å². The second-order valence-electron chi connectivity index (χ2n) is 7.60. The Morgan fingerprint density at radius 1 is 0.971 bits per heavy atom. The molecule has 34 heavy (non-hydrogen) atoms. The van der Waals surface area contributed by atoms with Crippen molar-refractivity contribution >= 4 is 34.2 Å². The number of nitrogens with zero attached hydrogens (tertiary/aromatic N) is 3. The predicted octanol–water partition coefficient (Wildman–Crippen LogP) is 3.08. The monoisotopic (exact) mass is 464 g/mol. The van der Waals surface area contributed by atoms with Crippen molar-refractivity contribution in [3.8, 4) is 0 Å². The molecule has 3 rings (SSSR count). The molecule has 9 nitrogen and oxygen atoms in total. The summed E-state index contributed by atoms with van der Waals surface area (Å²) >= 11 is 0. The maximum absolute atomic E-state index is 12.7. The molecule has 0 aliphatic rings. The number of benzene rings is 2. The minimum atomic E-state index is -0.795. The van der Waals surface area contributed by atoms with Crippen LogP contribution in [0.2, 0.25) is 0 Å². The summed E-state index contributed by atoms with van der Waals surface area (Å²) in [5, 5.41) is 7.54. The Labute approximate surface area is 197 Å². The van der Waals surface area contributed by atoms with Crippen LogP contribution in [0.4, 0.5) is 5.69 Å². The van der Waals surface area contributed by atoms with E-state index < -0.39 is 18.5 Å². The van der Waals surface area contributed by atoms with Gasteiger partial charge in [-0.25, -0.2) is 9.48 Å². The smallest absolute Gasteiger partial charge is 0.359 e. The third kappa shape index (κ3) is 5.48. The van der Waals surface area contributed by atoms with Crippen LogP contribution < -0.4 is 10.9 Å². The Hall–Kier alpha value is -4.01. The maximum atomic E-state index is 12.7. The van der Waals surface area contributed by atoms with Gasteiger partial charge in [-0.15, -0.1) is 0 Å². The predicted molar refractivity (Wildman–Crippen MR) is 129 cm³/mol. The topological polar surface area (TPSA) is 111 Å². The van der Waals surface area contributed by atoms with Crippen molar-refractivity contribution < 1.29 is 19.1 Å². The number of fused-ring (bicyclic) bond motifs is 1. The highest BCUT2D eigenvalue weighted by molar-refractivity contribution is 6.03. The van der Waals surface area contributed by atoms with E-state index in [0.29, 0.717) is 48.1 Å². The van der Waals surface area contributed by atoms with Gasteiger partial charge in [0.2, 0.25) is 0 Å². The molecule has 2 aromatic carbocycles. The Balaban J connectivity index is 1.67. The molecule has 178 valence electrons. The van der Waals surface area contributed by atoms with Gasteiger partial charge in [0.05, 0.1) is 5.39 Å². The van der Waals surface area contributed by atoms with E-state index in [9.17, 15) is 19.2 Å². The Bertz CT molecular complexity index is 1250. The van der Waals surface area contributed by atoms with Crippen molar-refractivity contribution in [2.24, 2.45) is 0 Å². The zero-order valence-corrected chi connectivity index (χ0v) is 19.5. The number of carbonyl (C=O) groups excluding carboxylic acids is 3. The number of aryl methyl sites for hydroxylation is 1. The van der Waals surface area contributed by atoms with Gasteiger partial charge in [-0.2, -0.15) is 5.10 Å². The summed E-state index contributed by atoms with van der Waals surface area (Å²) < 4.78 is 6.41. The first kappa shape index (κ1) is 24.6. The standard InChI is InChI=1S/C25H28N4O5/c1-4-15-29-24(32)20-10-8-7-9-19(20)22(27-29)25(33)34-16-21(30)26-18-13-11-17(12-14-18)23(31)28(5-2)6-3/h7-14H,4-6,15-16H2,1-3H3,(H,26,30). The summed E-state index contributed by atoms with van der Waals surface area (Å²) in [5.41, 5.74) is 0.691. The van der Waals surface area contributed by atoms with Crippen LogP contribution >= 0.6 is 0 Å². The van der Waals surface area contributed by atoms with Crippen molar-refractivity contribution in [1.82, 2.24) is 14.7 Å². The van der Waals surface area contributed by atoms with Crippen molar-refractivity contribution in [1.29, 1.82) is 0 Å². The molecule has 0 saturated carbocycles. The fraction of sp³-hybridized carbons (Fsp3) is 0.320. The Kier molecular flexibility index (Phi) is 8.13. The lowest BCUT2D eigenvalue weighted by molar-refractivity contribution is -0.119. The second-order valence-corrected chi connectivity index (χ2v) is 7.60. The van der Waals surface area contributed by atoms with Crippen LogP contribution in [0.5, 0.6) is 0 Å². The third-order valence-corrected chi connectivity index (χ3v) is 5.30. The summed E-state index contributed by atoms with van der Waals surface area (Å²) in [7, 11) is 0. The van der Waals surface area contributed by atoms with E-state index in [1.165, 1.54) is 4.68 Å². The van der Waals surface area contributed by atoms with E-state index in [2.05, 4.69) is 10.4 Å². The van der Waals surface area contributed by atoms with Crippen molar-refractivity contribution in [3.05, 3.63) is 70.1 Å². The molecule has 0 fully saturated rings. The fourth-order valence-corrected chi connectivity index (χ4v) is 3.54. The van der Waals surface area contributed by atoms with Crippen LogP contribution in [0.15, 0.2) is 53.3 Å². The number of esters is 1. The molecule has 1 heterocycles. The third-order valence-electron chi connectivity index (χ3n) is 5.30. The van der Waals surface area contributed by atoms with E-state index in [0.717, 1.165) is 0 Å². The molecule has 0 unspecified atom stereocenters. The molecule has 0 atom stereocenters.